The summed E-state index contributed by atoms with van der Waals surface area (Å²) in [5.74, 6) is -0.106. The van der Waals surface area contributed by atoms with Gasteiger partial charge in [0.1, 0.15) is 17.3 Å². The molecule has 1 saturated carbocycles. The summed E-state index contributed by atoms with van der Waals surface area (Å²) in [6.45, 7) is 0.879. The number of hydrogen-bond acceptors (Lipinski definition) is 5. The quantitative estimate of drug-likeness (QED) is 0.731. The Balaban J connectivity index is 1.60. The Hall–Kier alpha value is -2.58. The normalized spacial score (nSPS) is 22.8. The Morgan fingerprint density at radius 3 is 2.65 bits per heavy atom. The number of hydrogen-bond donors (Lipinski definition) is 2. The zero-order chi connectivity index (χ0) is 21.8. The molecule has 3 aliphatic rings. The van der Waals surface area contributed by atoms with Crippen molar-refractivity contribution >= 4 is 21.7 Å². The van der Waals surface area contributed by atoms with E-state index in [4.69, 9.17) is 4.74 Å². The molecule has 164 valence electrons. The number of ether oxygens (including phenoxy) is 1. The summed E-state index contributed by atoms with van der Waals surface area (Å²) in [5, 5.41) is 12.8. The largest absolute Gasteiger partial charge is 0.488 e. The smallest absolute Gasteiger partial charge is 0.335 e. The molecule has 0 spiro atoms. The number of fused-ring (bicyclic) bond motifs is 4. The van der Waals surface area contributed by atoms with E-state index < -0.39 is 16.0 Å². The minimum Gasteiger partial charge on any atom is -0.488 e. The van der Waals surface area contributed by atoms with E-state index >= 15 is 0 Å². The lowest BCUT2D eigenvalue weighted by Crippen LogP contribution is -2.44. The van der Waals surface area contributed by atoms with Crippen molar-refractivity contribution in [3.63, 3.8) is 0 Å². The molecule has 0 bridgehead atoms. The van der Waals surface area contributed by atoms with Crippen molar-refractivity contribution in [3.05, 3.63) is 41.5 Å². The van der Waals surface area contributed by atoms with E-state index in [1.54, 1.807) is 37.4 Å². The number of sulfonamides is 1. The first-order valence-corrected chi connectivity index (χ1v) is 12.2. The number of benzene rings is 2. The van der Waals surface area contributed by atoms with Gasteiger partial charge < -0.3 is 15.2 Å². The highest BCUT2D eigenvalue weighted by atomic mass is 32.2. The number of carbonyl (C=O) groups is 1. The second-order valence-corrected chi connectivity index (χ2v) is 10.6. The summed E-state index contributed by atoms with van der Waals surface area (Å²) in [4.78, 5) is 11.7. The minimum atomic E-state index is -3.72. The van der Waals surface area contributed by atoms with Crippen LogP contribution in [0.2, 0.25) is 0 Å². The van der Waals surface area contributed by atoms with Gasteiger partial charge in [0.15, 0.2) is 0 Å². The average molecular weight is 443 g/mol. The Kier molecular flexibility index (Phi) is 4.94. The summed E-state index contributed by atoms with van der Waals surface area (Å²) in [6, 6.07) is 8.15. The topological polar surface area (TPSA) is 95.9 Å². The third-order valence-corrected chi connectivity index (χ3v) is 8.85. The fraction of sp³-hybridized carbons (Fsp3) is 0.435. The number of nitrogens with one attached hydrogen (secondary N) is 1. The van der Waals surface area contributed by atoms with Gasteiger partial charge in [0, 0.05) is 31.3 Å². The van der Waals surface area contributed by atoms with Crippen LogP contribution in [0.1, 0.15) is 48.0 Å². The summed E-state index contributed by atoms with van der Waals surface area (Å²) in [6.07, 6.45) is 5.61. The van der Waals surface area contributed by atoms with E-state index in [-0.39, 0.29) is 16.5 Å². The first kappa shape index (κ1) is 20.3. The molecule has 2 aromatic carbocycles. The maximum absolute atomic E-state index is 13.6. The van der Waals surface area contributed by atoms with Gasteiger partial charge in [-0.25, -0.2) is 13.2 Å². The molecule has 2 heterocycles. The number of carboxylic acid groups (broad SMARTS) is 1. The standard InChI is InChI=1S/C23H26N2O5S/c1-25-20(14-5-3-2-4-6-14)12-24-19-11-21-18(10-22(19)31(25,28)29)17-9-15(23(26)27)7-8-16(17)13-30-21/h7-11,14,20,24H,2-6,12-13H2,1H3,(H,26,27)/t20-/m0/s1. The van der Waals surface area contributed by atoms with Crippen LogP contribution in [0.5, 0.6) is 5.75 Å². The van der Waals surface area contributed by atoms with Crippen LogP contribution < -0.4 is 10.1 Å². The Bertz CT molecular complexity index is 1150. The molecule has 1 aliphatic carbocycles. The van der Waals surface area contributed by atoms with Gasteiger partial charge in [-0.2, -0.15) is 4.31 Å². The van der Waals surface area contributed by atoms with Crippen LogP contribution in [0, 0.1) is 5.92 Å². The highest BCUT2D eigenvalue weighted by Gasteiger charge is 2.38. The Labute approximate surface area is 182 Å². The monoisotopic (exact) mass is 442 g/mol. The number of nitrogens with zero attached hydrogens (tertiary/aromatic N) is 1. The number of carboxylic acids is 1. The molecule has 0 radical (unpaired) electrons. The van der Waals surface area contributed by atoms with Crippen molar-refractivity contribution in [2.24, 2.45) is 5.92 Å². The molecule has 2 N–H and O–H groups in total. The van der Waals surface area contributed by atoms with Crippen molar-refractivity contribution in [2.45, 2.75) is 49.6 Å². The lowest BCUT2D eigenvalue weighted by atomic mass is 9.84. The first-order chi connectivity index (χ1) is 14.9. The van der Waals surface area contributed by atoms with E-state index in [1.807, 2.05) is 0 Å². The third-order valence-electron chi connectivity index (χ3n) is 6.93. The molecular formula is C23H26N2O5S. The van der Waals surface area contributed by atoms with Gasteiger partial charge in [-0.3, -0.25) is 0 Å². The van der Waals surface area contributed by atoms with Crippen molar-refractivity contribution in [2.75, 3.05) is 18.9 Å². The molecule has 0 aromatic heterocycles. The molecule has 1 fully saturated rings. The number of likely N-dealkylation sites (N-methyl/N-ethyl adjacent to an activating group) is 1. The molecule has 1 atom stereocenters. The average Bonchev–Trinajstić information content (AvgIpc) is 2.87. The molecule has 31 heavy (non-hydrogen) atoms. The van der Waals surface area contributed by atoms with Crippen LogP contribution in [0.3, 0.4) is 0 Å². The zero-order valence-corrected chi connectivity index (χ0v) is 18.2. The molecule has 5 rings (SSSR count). The second-order valence-electron chi connectivity index (χ2n) is 8.68. The zero-order valence-electron chi connectivity index (χ0n) is 17.4. The third kappa shape index (κ3) is 3.38. The van der Waals surface area contributed by atoms with Crippen molar-refractivity contribution in [1.82, 2.24) is 4.31 Å². The van der Waals surface area contributed by atoms with Crippen LogP contribution in [0.25, 0.3) is 11.1 Å². The fourth-order valence-corrected chi connectivity index (χ4v) is 6.73. The maximum Gasteiger partial charge on any atom is 0.335 e. The van der Waals surface area contributed by atoms with E-state index in [0.717, 1.165) is 31.2 Å². The highest BCUT2D eigenvalue weighted by Crippen LogP contribution is 2.44. The molecule has 8 heteroatoms. The molecule has 7 nitrogen and oxygen atoms in total. The number of rotatable bonds is 2. The van der Waals surface area contributed by atoms with Gasteiger partial charge in [0.2, 0.25) is 10.0 Å². The van der Waals surface area contributed by atoms with Crippen molar-refractivity contribution < 1.29 is 23.1 Å². The van der Waals surface area contributed by atoms with Crippen molar-refractivity contribution in [3.8, 4) is 16.9 Å². The molecule has 0 amide bonds. The van der Waals surface area contributed by atoms with Crippen LogP contribution in [0.4, 0.5) is 5.69 Å². The molecule has 0 saturated heterocycles. The minimum absolute atomic E-state index is 0.0958. The second kappa shape index (κ2) is 7.53. The molecule has 2 aromatic rings. The summed E-state index contributed by atoms with van der Waals surface area (Å²) in [7, 11) is -2.04. The van der Waals surface area contributed by atoms with Crippen LogP contribution in [0.15, 0.2) is 35.2 Å². The number of aromatic carboxylic acids is 1. The fourth-order valence-electron chi connectivity index (χ4n) is 5.14. The van der Waals surface area contributed by atoms with Gasteiger partial charge in [-0.1, -0.05) is 25.3 Å². The predicted molar refractivity (Wildman–Crippen MR) is 117 cm³/mol. The van der Waals surface area contributed by atoms with Gasteiger partial charge in [0.05, 0.1) is 11.3 Å². The molecule has 2 aliphatic heterocycles. The van der Waals surface area contributed by atoms with E-state index in [2.05, 4.69) is 5.32 Å². The maximum atomic E-state index is 13.6. The van der Waals surface area contributed by atoms with Crippen LogP contribution in [-0.4, -0.2) is 43.4 Å². The van der Waals surface area contributed by atoms with Crippen molar-refractivity contribution in [1.29, 1.82) is 0 Å². The van der Waals surface area contributed by atoms with Crippen LogP contribution in [-0.2, 0) is 16.6 Å². The van der Waals surface area contributed by atoms with Crippen LogP contribution >= 0.6 is 0 Å². The SMILES string of the molecule is CN1[C@H](C2CCCCC2)CNc2cc3c(cc2S1(=O)=O)-c1cc(C(=O)O)ccc1CO3. The lowest BCUT2D eigenvalue weighted by molar-refractivity contribution is 0.0697. The van der Waals surface area contributed by atoms with E-state index in [9.17, 15) is 18.3 Å². The van der Waals surface area contributed by atoms with E-state index in [0.29, 0.717) is 41.6 Å². The predicted octanol–water partition coefficient (Wildman–Crippen LogP) is 3.94. The summed E-state index contributed by atoms with van der Waals surface area (Å²) >= 11 is 0. The summed E-state index contributed by atoms with van der Waals surface area (Å²) in [5.41, 5.74) is 2.86. The number of anilines is 1. The first-order valence-electron chi connectivity index (χ1n) is 10.8. The molecule has 0 unspecified atom stereocenters. The van der Waals surface area contributed by atoms with E-state index in [1.165, 1.54) is 10.7 Å². The van der Waals surface area contributed by atoms with Gasteiger partial charge in [-0.15, -0.1) is 0 Å². The Morgan fingerprint density at radius 2 is 1.90 bits per heavy atom. The molecular weight excluding hydrogens is 416 g/mol. The highest BCUT2D eigenvalue weighted by molar-refractivity contribution is 7.89. The van der Waals surface area contributed by atoms with Gasteiger partial charge >= 0.3 is 5.97 Å². The van der Waals surface area contributed by atoms with Gasteiger partial charge in [-0.05, 0) is 48.1 Å². The summed E-state index contributed by atoms with van der Waals surface area (Å²) < 4.78 is 34.6. The Morgan fingerprint density at radius 1 is 1.13 bits per heavy atom. The van der Waals surface area contributed by atoms with Gasteiger partial charge in [0.25, 0.3) is 0 Å². The lowest BCUT2D eigenvalue weighted by Gasteiger charge is -2.34.